The Balaban J connectivity index is 2.44. The number of hydrogen-bond donors (Lipinski definition) is 3. The first-order valence-corrected chi connectivity index (χ1v) is 6.44. The molecular weight excluding hydrogens is 302 g/mol. The third kappa shape index (κ3) is 6.09. The summed E-state index contributed by atoms with van der Waals surface area (Å²) in [5, 5.41) is 24.4. The number of nitro groups is 1. The first kappa shape index (κ1) is 16.7. The largest absolute Gasteiger partial charge is 0.481 e. The zero-order valence-electron chi connectivity index (χ0n) is 11.0. The van der Waals surface area contributed by atoms with Crippen LogP contribution in [0.4, 0.5) is 10.5 Å². The van der Waals surface area contributed by atoms with Gasteiger partial charge in [-0.1, -0.05) is 17.7 Å². The summed E-state index contributed by atoms with van der Waals surface area (Å²) in [6.45, 7) is 0.198. The van der Waals surface area contributed by atoms with E-state index in [0.29, 0.717) is 5.56 Å². The number of urea groups is 1. The highest BCUT2D eigenvalue weighted by Gasteiger charge is 2.14. The Bertz CT molecular complexity index is 550. The number of carboxylic acids is 1. The molecule has 0 aliphatic carbocycles. The average Bonchev–Trinajstić information content (AvgIpc) is 2.39. The van der Waals surface area contributed by atoms with Gasteiger partial charge >= 0.3 is 12.0 Å². The molecule has 3 N–H and O–H groups in total. The van der Waals surface area contributed by atoms with Crippen molar-refractivity contribution >= 4 is 29.3 Å². The Morgan fingerprint density at radius 3 is 2.57 bits per heavy atom. The van der Waals surface area contributed by atoms with Gasteiger partial charge in [0.25, 0.3) is 5.69 Å². The molecule has 21 heavy (non-hydrogen) atoms. The Morgan fingerprint density at radius 2 is 1.95 bits per heavy atom. The molecule has 0 radical (unpaired) electrons. The van der Waals surface area contributed by atoms with Crippen molar-refractivity contribution in [1.82, 2.24) is 10.6 Å². The van der Waals surface area contributed by atoms with Gasteiger partial charge in [0.15, 0.2) is 0 Å². The van der Waals surface area contributed by atoms with Crippen molar-refractivity contribution in [2.45, 2.75) is 12.8 Å². The minimum atomic E-state index is -1.01. The number of nitrogens with one attached hydrogen (secondary N) is 2. The van der Waals surface area contributed by atoms with E-state index in [2.05, 4.69) is 10.6 Å². The van der Waals surface area contributed by atoms with Crippen LogP contribution in [0.5, 0.6) is 0 Å². The standard InChI is InChI=1S/C12H14ClN3O5/c13-9-2-1-8(10(7-9)16(20)21)3-5-14-12(19)15-6-4-11(17)18/h1-2,7H,3-6H2,(H,17,18)(H2,14,15,19). The first-order chi connectivity index (χ1) is 9.90. The lowest BCUT2D eigenvalue weighted by atomic mass is 10.1. The highest BCUT2D eigenvalue weighted by atomic mass is 35.5. The Hall–Kier alpha value is -2.35. The molecule has 114 valence electrons. The molecule has 0 aliphatic heterocycles. The summed E-state index contributed by atoms with van der Waals surface area (Å²) in [5.74, 6) is -1.01. The van der Waals surface area contributed by atoms with Gasteiger partial charge < -0.3 is 15.7 Å². The summed E-state index contributed by atoms with van der Waals surface area (Å²) in [4.78, 5) is 31.9. The maximum absolute atomic E-state index is 11.3. The third-order valence-corrected chi connectivity index (χ3v) is 2.78. The van der Waals surface area contributed by atoms with Crippen LogP contribution < -0.4 is 10.6 Å². The Kier molecular flexibility index (Phi) is 6.41. The third-order valence-electron chi connectivity index (χ3n) is 2.55. The van der Waals surface area contributed by atoms with Crippen LogP contribution in [0.2, 0.25) is 5.02 Å². The van der Waals surface area contributed by atoms with E-state index >= 15 is 0 Å². The lowest BCUT2D eigenvalue weighted by molar-refractivity contribution is -0.385. The molecule has 0 saturated heterocycles. The van der Waals surface area contributed by atoms with Crippen LogP contribution in [0.3, 0.4) is 0 Å². The molecule has 1 aromatic carbocycles. The molecule has 2 amide bonds. The predicted molar refractivity (Wildman–Crippen MR) is 75.5 cm³/mol. The lowest BCUT2D eigenvalue weighted by Crippen LogP contribution is -2.37. The second-order valence-electron chi connectivity index (χ2n) is 4.11. The first-order valence-electron chi connectivity index (χ1n) is 6.06. The number of rotatable bonds is 7. The lowest BCUT2D eigenvalue weighted by Gasteiger charge is -2.07. The molecular formula is C12H14ClN3O5. The molecule has 9 heteroatoms. The molecule has 0 spiro atoms. The zero-order valence-corrected chi connectivity index (χ0v) is 11.7. The van der Waals surface area contributed by atoms with Crippen LogP contribution in [-0.4, -0.2) is 35.1 Å². The van der Waals surface area contributed by atoms with E-state index in [1.807, 2.05) is 0 Å². The minimum absolute atomic E-state index is 0.0161. The van der Waals surface area contributed by atoms with E-state index in [-0.39, 0.29) is 36.6 Å². The van der Waals surface area contributed by atoms with E-state index in [0.717, 1.165) is 0 Å². The number of carbonyl (C=O) groups excluding carboxylic acids is 1. The molecule has 0 aromatic heterocycles. The maximum atomic E-state index is 11.3. The maximum Gasteiger partial charge on any atom is 0.314 e. The van der Waals surface area contributed by atoms with Crippen LogP contribution in [-0.2, 0) is 11.2 Å². The monoisotopic (exact) mass is 315 g/mol. The second-order valence-corrected chi connectivity index (χ2v) is 4.54. The average molecular weight is 316 g/mol. The van der Waals surface area contributed by atoms with Crippen LogP contribution in [0.1, 0.15) is 12.0 Å². The number of amides is 2. The number of aliphatic carboxylic acids is 1. The number of benzene rings is 1. The van der Waals surface area contributed by atoms with E-state index < -0.39 is 16.9 Å². The summed E-state index contributed by atoms with van der Waals surface area (Å²) in [7, 11) is 0. The molecule has 0 fully saturated rings. The smallest absolute Gasteiger partial charge is 0.314 e. The summed E-state index contributed by atoms with van der Waals surface area (Å²) >= 11 is 5.70. The van der Waals surface area contributed by atoms with Crippen molar-refractivity contribution in [1.29, 1.82) is 0 Å². The number of hydrogen-bond acceptors (Lipinski definition) is 4. The predicted octanol–water partition coefficient (Wildman–Crippen LogP) is 1.56. The van der Waals surface area contributed by atoms with Gasteiger partial charge in [0.05, 0.1) is 11.3 Å². The number of halogens is 1. The van der Waals surface area contributed by atoms with E-state index in [9.17, 15) is 19.7 Å². The second kappa shape index (κ2) is 8.05. The summed E-state index contributed by atoms with van der Waals surface area (Å²) in [6, 6.07) is 3.80. The van der Waals surface area contributed by atoms with Crippen molar-refractivity contribution in [2.75, 3.05) is 13.1 Å². The molecule has 0 atom stereocenters. The molecule has 1 rings (SSSR count). The van der Waals surface area contributed by atoms with Crippen molar-refractivity contribution in [2.24, 2.45) is 0 Å². The van der Waals surface area contributed by atoms with Gasteiger partial charge in [-0.05, 0) is 12.5 Å². The molecule has 0 aliphatic rings. The molecule has 0 saturated carbocycles. The van der Waals surface area contributed by atoms with Crippen LogP contribution in [0.25, 0.3) is 0 Å². The van der Waals surface area contributed by atoms with Crippen molar-refractivity contribution in [3.05, 3.63) is 38.9 Å². The Morgan fingerprint density at radius 1 is 1.29 bits per heavy atom. The normalized spacial score (nSPS) is 9.95. The quantitative estimate of drug-likeness (QED) is 0.520. The molecule has 1 aromatic rings. The highest BCUT2D eigenvalue weighted by molar-refractivity contribution is 6.30. The van der Waals surface area contributed by atoms with Gasteiger partial charge in [0.2, 0.25) is 0 Å². The van der Waals surface area contributed by atoms with Crippen molar-refractivity contribution in [3.8, 4) is 0 Å². The van der Waals surface area contributed by atoms with E-state index in [4.69, 9.17) is 16.7 Å². The van der Waals surface area contributed by atoms with Gasteiger partial charge in [-0.3, -0.25) is 14.9 Å². The molecule has 0 heterocycles. The topological polar surface area (TPSA) is 122 Å². The van der Waals surface area contributed by atoms with Gasteiger partial charge in [-0.15, -0.1) is 0 Å². The van der Waals surface area contributed by atoms with E-state index in [1.165, 1.54) is 18.2 Å². The van der Waals surface area contributed by atoms with Gasteiger partial charge in [0, 0.05) is 29.7 Å². The van der Waals surface area contributed by atoms with Crippen molar-refractivity contribution in [3.63, 3.8) is 0 Å². The fourth-order valence-electron chi connectivity index (χ4n) is 1.57. The van der Waals surface area contributed by atoms with Crippen LogP contribution in [0.15, 0.2) is 18.2 Å². The summed E-state index contributed by atoms with van der Waals surface area (Å²) in [6.07, 6.45) is 0.0932. The number of nitro benzene ring substituents is 1. The van der Waals surface area contributed by atoms with Gasteiger partial charge in [-0.2, -0.15) is 0 Å². The van der Waals surface area contributed by atoms with Crippen LogP contribution in [0, 0.1) is 10.1 Å². The minimum Gasteiger partial charge on any atom is -0.481 e. The van der Waals surface area contributed by atoms with Gasteiger partial charge in [-0.25, -0.2) is 4.79 Å². The van der Waals surface area contributed by atoms with Crippen molar-refractivity contribution < 1.29 is 19.6 Å². The van der Waals surface area contributed by atoms with Crippen LogP contribution >= 0.6 is 11.6 Å². The van der Waals surface area contributed by atoms with E-state index in [1.54, 1.807) is 0 Å². The number of nitrogens with zero attached hydrogens (tertiary/aromatic N) is 1. The summed E-state index contributed by atoms with van der Waals surface area (Å²) < 4.78 is 0. The molecule has 8 nitrogen and oxygen atoms in total. The summed E-state index contributed by atoms with van der Waals surface area (Å²) in [5.41, 5.74) is 0.353. The number of carboxylic acid groups (broad SMARTS) is 1. The Labute approximate surface area is 125 Å². The highest BCUT2D eigenvalue weighted by Crippen LogP contribution is 2.23. The fourth-order valence-corrected chi connectivity index (χ4v) is 1.74. The zero-order chi connectivity index (χ0) is 15.8. The molecule has 0 bridgehead atoms. The SMILES string of the molecule is O=C(O)CCNC(=O)NCCc1ccc(Cl)cc1[N+](=O)[O-]. The number of carbonyl (C=O) groups is 2. The fraction of sp³-hybridized carbons (Fsp3) is 0.333. The van der Waals surface area contributed by atoms with Gasteiger partial charge in [0.1, 0.15) is 0 Å². The molecule has 0 unspecified atom stereocenters.